The highest BCUT2D eigenvalue weighted by Gasteiger charge is 2.36. The largest absolute Gasteiger partial charge is 0.394 e. The molecule has 1 rings (SSSR count). The van der Waals surface area contributed by atoms with Crippen LogP contribution >= 0.6 is 0 Å². The zero-order valence-electron chi connectivity index (χ0n) is 4.53. The summed E-state index contributed by atoms with van der Waals surface area (Å²) < 4.78 is 4.06. The Hall–Kier alpha value is -0.730. The molecule has 0 bridgehead atoms. The first-order valence-electron chi connectivity index (χ1n) is 2.39. The molecule has 1 saturated heterocycles. The lowest BCUT2D eigenvalue weighted by atomic mass is 9.68. The maximum atomic E-state index is 10.3. The number of hydrogen-bond acceptors (Lipinski definition) is 3. The minimum atomic E-state index is -0.975. The van der Waals surface area contributed by atoms with Crippen LogP contribution in [0.2, 0.25) is 11.6 Å². The van der Waals surface area contributed by atoms with Crippen molar-refractivity contribution in [1.82, 2.24) is 0 Å². The van der Waals surface area contributed by atoms with Gasteiger partial charge in [-0.1, -0.05) is 0 Å². The van der Waals surface area contributed by atoms with Gasteiger partial charge in [0.1, 0.15) is 0 Å². The molecule has 42 valence electrons. The van der Waals surface area contributed by atoms with E-state index in [2.05, 4.69) is 4.74 Å². The molecule has 0 aromatic rings. The van der Waals surface area contributed by atoms with Gasteiger partial charge in [0.15, 0.2) is 0 Å². The molecule has 2 unspecified atom stereocenters. The predicted molar refractivity (Wildman–Crippen MR) is 30.1 cm³/mol. The molecule has 0 saturated carbocycles. The molecule has 1 heterocycles. The van der Waals surface area contributed by atoms with Crippen molar-refractivity contribution in [3.63, 3.8) is 0 Å². The molecule has 4 radical (unpaired) electrons. The standard InChI is InChI=1S/C4H2B2O3/c5-1-2(6)4(8)9-3(1)7/h1-2H. The van der Waals surface area contributed by atoms with Crippen LogP contribution in [0.5, 0.6) is 0 Å². The van der Waals surface area contributed by atoms with Gasteiger partial charge in [0, 0.05) is 11.6 Å². The van der Waals surface area contributed by atoms with E-state index in [1.165, 1.54) is 0 Å². The molecule has 2 atom stereocenters. The van der Waals surface area contributed by atoms with E-state index in [0.717, 1.165) is 0 Å². The predicted octanol–water partition coefficient (Wildman–Crippen LogP) is -1.02. The Labute approximate surface area is 54.6 Å². The van der Waals surface area contributed by atoms with Crippen molar-refractivity contribution in [1.29, 1.82) is 0 Å². The minimum Gasteiger partial charge on any atom is -0.394 e. The Morgan fingerprint density at radius 3 is 1.56 bits per heavy atom. The first-order chi connectivity index (χ1) is 4.13. The number of ether oxygens (including phenoxy) is 1. The molecule has 0 N–H and O–H groups in total. The van der Waals surface area contributed by atoms with E-state index in [-0.39, 0.29) is 0 Å². The summed E-state index contributed by atoms with van der Waals surface area (Å²) in [5, 5.41) is 0. The molecule has 0 spiro atoms. The average Bonchev–Trinajstić information content (AvgIpc) is 1.98. The van der Waals surface area contributed by atoms with Crippen LogP contribution in [-0.2, 0) is 14.3 Å². The lowest BCUT2D eigenvalue weighted by Gasteiger charge is -1.97. The second kappa shape index (κ2) is 1.90. The lowest BCUT2D eigenvalue weighted by molar-refractivity contribution is -0.151. The first-order valence-corrected chi connectivity index (χ1v) is 2.39. The van der Waals surface area contributed by atoms with E-state index in [0.29, 0.717) is 0 Å². The maximum Gasteiger partial charge on any atom is 0.307 e. The Morgan fingerprint density at radius 2 is 1.44 bits per heavy atom. The third kappa shape index (κ3) is 0.866. The van der Waals surface area contributed by atoms with Crippen LogP contribution in [-0.4, -0.2) is 27.6 Å². The zero-order chi connectivity index (χ0) is 7.02. The molecule has 0 aliphatic carbocycles. The molecular formula is C4H2B2O3. The highest BCUT2D eigenvalue weighted by Crippen LogP contribution is 2.27. The monoisotopic (exact) mass is 120 g/mol. The van der Waals surface area contributed by atoms with Crippen LogP contribution in [0.3, 0.4) is 0 Å². The fourth-order valence-electron chi connectivity index (χ4n) is 0.528. The molecule has 1 fully saturated rings. The van der Waals surface area contributed by atoms with Crippen molar-refractivity contribution in [2.75, 3.05) is 0 Å². The van der Waals surface area contributed by atoms with Crippen LogP contribution < -0.4 is 0 Å². The van der Waals surface area contributed by atoms with Crippen molar-refractivity contribution >= 4 is 27.6 Å². The van der Waals surface area contributed by atoms with Gasteiger partial charge in [0.05, 0.1) is 15.7 Å². The van der Waals surface area contributed by atoms with Crippen LogP contribution in [0.1, 0.15) is 0 Å². The fraction of sp³-hybridized carbons (Fsp3) is 0.500. The summed E-state index contributed by atoms with van der Waals surface area (Å²) in [4.78, 5) is 20.7. The molecule has 0 amide bonds. The topological polar surface area (TPSA) is 43.4 Å². The van der Waals surface area contributed by atoms with E-state index < -0.39 is 23.6 Å². The maximum absolute atomic E-state index is 10.3. The van der Waals surface area contributed by atoms with Gasteiger partial charge >= 0.3 is 11.9 Å². The van der Waals surface area contributed by atoms with Crippen molar-refractivity contribution in [3.8, 4) is 0 Å². The lowest BCUT2D eigenvalue weighted by Crippen LogP contribution is -2.05. The van der Waals surface area contributed by atoms with Gasteiger partial charge in [0.2, 0.25) is 0 Å². The summed E-state index contributed by atoms with van der Waals surface area (Å²) in [7, 11) is 10.2. The Morgan fingerprint density at radius 1 is 1.11 bits per heavy atom. The Bertz CT molecular complexity index is 149. The molecular weight excluding hydrogens is 118 g/mol. The number of carbonyl (C=O) groups is 2. The van der Waals surface area contributed by atoms with Crippen LogP contribution in [0.25, 0.3) is 0 Å². The van der Waals surface area contributed by atoms with E-state index in [1.54, 1.807) is 0 Å². The summed E-state index contributed by atoms with van der Waals surface area (Å²) >= 11 is 0. The minimum absolute atomic E-state index is 0.743. The zero-order valence-corrected chi connectivity index (χ0v) is 4.53. The van der Waals surface area contributed by atoms with Crippen molar-refractivity contribution in [2.24, 2.45) is 0 Å². The molecule has 1 aliphatic rings. The molecule has 0 aromatic carbocycles. The van der Waals surface area contributed by atoms with Crippen LogP contribution in [0, 0.1) is 0 Å². The van der Waals surface area contributed by atoms with Gasteiger partial charge in [-0.15, -0.1) is 0 Å². The van der Waals surface area contributed by atoms with Crippen molar-refractivity contribution in [2.45, 2.75) is 11.6 Å². The third-order valence-corrected chi connectivity index (χ3v) is 1.13. The van der Waals surface area contributed by atoms with Gasteiger partial charge in [-0.05, 0) is 0 Å². The number of carbonyl (C=O) groups excluding carboxylic acids is 2. The van der Waals surface area contributed by atoms with E-state index in [4.69, 9.17) is 15.7 Å². The normalized spacial score (nSPS) is 34.7. The quantitative estimate of drug-likeness (QED) is 0.233. The van der Waals surface area contributed by atoms with Gasteiger partial charge in [-0.2, -0.15) is 0 Å². The molecule has 0 aromatic heterocycles. The molecule has 5 heteroatoms. The van der Waals surface area contributed by atoms with Crippen molar-refractivity contribution in [3.05, 3.63) is 0 Å². The number of cyclic esters (lactones) is 2. The molecule has 3 nitrogen and oxygen atoms in total. The van der Waals surface area contributed by atoms with Crippen LogP contribution in [0.4, 0.5) is 0 Å². The van der Waals surface area contributed by atoms with Gasteiger partial charge in [-0.25, -0.2) is 0 Å². The van der Waals surface area contributed by atoms with E-state index in [1.807, 2.05) is 0 Å². The Balaban J connectivity index is 2.77. The summed E-state index contributed by atoms with van der Waals surface area (Å²) in [5.41, 5.74) is 0. The second-order valence-electron chi connectivity index (χ2n) is 1.79. The third-order valence-electron chi connectivity index (χ3n) is 1.13. The van der Waals surface area contributed by atoms with Crippen molar-refractivity contribution < 1.29 is 14.3 Å². The van der Waals surface area contributed by atoms with E-state index >= 15 is 0 Å². The number of hydrogen-bond donors (Lipinski definition) is 0. The second-order valence-corrected chi connectivity index (χ2v) is 1.79. The smallest absolute Gasteiger partial charge is 0.307 e. The Kier molecular flexibility index (Phi) is 1.35. The van der Waals surface area contributed by atoms with Gasteiger partial charge in [0.25, 0.3) is 0 Å². The summed E-state index contributed by atoms with van der Waals surface area (Å²) in [6.45, 7) is 0. The summed E-state index contributed by atoms with van der Waals surface area (Å²) in [5.74, 6) is -3.44. The molecule has 1 aliphatic heterocycles. The number of rotatable bonds is 0. The fourth-order valence-corrected chi connectivity index (χ4v) is 0.528. The van der Waals surface area contributed by atoms with Gasteiger partial charge in [-0.3, -0.25) is 9.59 Å². The summed E-state index contributed by atoms with van der Waals surface area (Å²) in [6.07, 6.45) is 0. The summed E-state index contributed by atoms with van der Waals surface area (Å²) in [6, 6.07) is 0. The highest BCUT2D eigenvalue weighted by molar-refractivity contribution is 6.38. The number of esters is 2. The van der Waals surface area contributed by atoms with E-state index in [9.17, 15) is 9.59 Å². The molecule has 9 heavy (non-hydrogen) atoms. The average molecular weight is 120 g/mol. The van der Waals surface area contributed by atoms with Gasteiger partial charge < -0.3 is 4.74 Å². The van der Waals surface area contributed by atoms with Crippen LogP contribution in [0.15, 0.2) is 0 Å². The first kappa shape index (κ1) is 6.39. The SMILES string of the molecule is [B]C1C(=O)OC(=O)C1[B]. The highest BCUT2D eigenvalue weighted by atomic mass is 16.6.